The molecule has 1 rings (SSSR count). The van der Waals surface area contributed by atoms with Crippen LogP contribution in [-0.4, -0.2) is 35.7 Å². The summed E-state index contributed by atoms with van der Waals surface area (Å²) in [5, 5.41) is 3.21. The van der Waals surface area contributed by atoms with Crippen molar-refractivity contribution in [3.63, 3.8) is 0 Å². The Morgan fingerprint density at radius 1 is 1.71 bits per heavy atom. The number of hydrogen-bond acceptors (Lipinski definition) is 4. The molecule has 0 radical (unpaired) electrons. The Balaban J connectivity index is 2.45. The molecule has 0 aromatic carbocycles. The summed E-state index contributed by atoms with van der Waals surface area (Å²) in [5.41, 5.74) is 5.24. The Morgan fingerprint density at radius 2 is 2.47 bits per heavy atom. The van der Waals surface area contributed by atoms with Crippen LogP contribution in [-0.2, 0) is 22.6 Å². The van der Waals surface area contributed by atoms with Crippen molar-refractivity contribution in [1.82, 2.24) is 14.9 Å². The van der Waals surface area contributed by atoms with Crippen LogP contribution in [0.15, 0.2) is 12.4 Å². The molecule has 3 N–H and O–H groups in total. The highest BCUT2D eigenvalue weighted by molar-refractivity contribution is 5.76. The first kappa shape index (κ1) is 13.7. The number of methoxy groups -OCH3 is 1. The van der Waals surface area contributed by atoms with E-state index < -0.39 is 0 Å². The van der Waals surface area contributed by atoms with Gasteiger partial charge in [-0.1, -0.05) is 6.92 Å². The third kappa shape index (κ3) is 4.54. The fraction of sp³-hybridized carbons (Fsp3) is 0.636. The number of rotatable bonds is 8. The van der Waals surface area contributed by atoms with Crippen molar-refractivity contribution in [2.45, 2.75) is 20.0 Å². The first-order valence-electron chi connectivity index (χ1n) is 5.64. The molecule has 0 aliphatic heterocycles. The van der Waals surface area contributed by atoms with E-state index in [2.05, 4.69) is 10.3 Å². The Bertz CT molecular complexity index is 351. The van der Waals surface area contributed by atoms with Gasteiger partial charge in [0.25, 0.3) is 0 Å². The van der Waals surface area contributed by atoms with Gasteiger partial charge in [-0.2, -0.15) is 0 Å². The third-order valence-electron chi connectivity index (χ3n) is 2.52. The lowest BCUT2D eigenvalue weighted by Gasteiger charge is -2.11. The second kappa shape index (κ2) is 7.03. The summed E-state index contributed by atoms with van der Waals surface area (Å²) in [6.45, 7) is 4.47. The molecule has 1 unspecified atom stereocenters. The number of hydrogen-bond donors (Lipinski definition) is 2. The SMILES string of the molecule is COCCNCc1nccn1CC(C)C(N)=O. The summed E-state index contributed by atoms with van der Waals surface area (Å²) in [6.07, 6.45) is 3.58. The van der Waals surface area contributed by atoms with Crippen LogP contribution in [0.2, 0.25) is 0 Å². The van der Waals surface area contributed by atoms with Gasteiger partial charge in [0.05, 0.1) is 19.1 Å². The molecule has 6 heteroatoms. The molecule has 1 aromatic heterocycles. The molecule has 1 heterocycles. The Hall–Kier alpha value is -1.40. The molecule has 1 aromatic rings. The molecule has 17 heavy (non-hydrogen) atoms. The highest BCUT2D eigenvalue weighted by Gasteiger charge is 2.11. The first-order chi connectivity index (χ1) is 8.15. The van der Waals surface area contributed by atoms with Crippen LogP contribution in [0.3, 0.4) is 0 Å². The van der Waals surface area contributed by atoms with Crippen molar-refractivity contribution in [1.29, 1.82) is 0 Å². The van der Waals surface area contributed by atoms with Gasteiger partial charge in [-0.05, 0) is 0 Å². The summed E-state index contributed by atoms with van der Waals surface area (Å²) in [4.78, 5) is 15.2. The van der Waals surface area contributed by atoms with Crippen LogP contribution in [0.5, 0.6) is 0 Å². The molecule has 0 saturated carbocycles. The van der Waals surface area contributed by atoms with Gasteiger partial charge in [-0.3, -0.25) is 4.79 Å². The van der Waals surface area contributed by atoms with E-state index in [9.17, 15) is 4.79 Å². The zero-order chi connectivity index (χ0) is 12.7. The minimum absolute atomic E-state index is 0.193. The highest BCUT2D eigenvalue weighted by atomic mass is 16.5. The van der Waals surface area contributed by atoms with Crippen molar-refractivity contribution in [3.8, 4) is 0 Å². The van der Waals surface area contributed by atoms with E-state index >= 15 is 0 Å². The van der Waals surface area contributed by atoms with Crippen LogP contribution in [0, 0.1) is 5.92 Å². The van der Waals surface area contributed by atoms with E-state index in [0.717, 1.165) is 12.4 Å². The zero-order valence-electron chi connectivity index (χ0n) is 10.3. The Labute approximate surface area is 101 Å². The average molecular weight is 240 g/mol. The van der Waals surface area contributed by atoms with Gasteiger partial charge >= 0.3 is 0 Å². The molecule has 1 amide bonds. The van der Waals surface area contributed by atoms with Crippen LogP contribution < -0.4 is 11.1 Å². The van der Waals surface area contributed by atoms with Crippen molar-refractivity contribution in [2.24, 2.45) is 11.7 Å². The number of nitrogens with one attached hydrogen (secondary N) is 1. The van der Waals surface area contributed by atoms with Crippen molar-refractivity contribution >= 4 is 5.91 Å². The maximum Gasteiger partial charge on any atom is 0.222 e. The summed E-state index contributed by atoms with van der Waals surface area (Å²) < 4.78 is 6.88. The van der Waals surface area contributed by atoms with E-state index in [1.165, 1.54) is 0 Å². The molecule has 0 fully saturated rings. The fourth-order valence-corrected chi connectivity index (χ4v) is 1.43. The van der Waals surface area contributed by atoms with Crippen LogP contribution in [0.1, 0.15) is 12.7 Å². The smallest absolute Gasteiger partial charge is 0.222 e. The van der Waals surface area contributed by atoms with Gasteiger partial charge in [-0.25, -0.2) is 4.98 Å². The molecule has 0 aliphatic carbocycles. The van der Waals surface area contributed by atoms with E-state index in [4.69, 9.17) is 10.5 Å². The second-order valence-electron chi connectivity index (χ2n) is 3.97. The minimum atomic E-state index is -0.294. The Kier molecular flexibility index (Phi) is 5.65. The van der Waals surface area contributed by atoms with Crippen molar-refractivity contribution < 1.29 is 9.53 Å². The lowest BCUT2D eigenvalue weighted by molar-refractivity contribution is -0.121. The summed E-state index contributed by atoms with van der Waals surface area (Å²) in [5.74, 6) is 0.410. The van der Waals surface area contributed by atoms with Crippen molar-refractivity contribution in [2.75, 3.05) is 20.3 Å². The van der Waals surface area contributed by atoms with Gasteiger partial charge in [0.15, 0.2) is 0 Å². The number of amides is 1. The van der Waals surface area contributed by atoms with Crippen LogP contribution >= 0.6 is 0 Å². The zero-order valence-corrected chi connectivity index (χ0v) is 10.3. The fourth-order valence-electron chi connectivity index (χ4n) is 1.43. The second-order valence-corrected chi connectivity index (χ2v) is 3.97. The molecule has 96 valence electrons. The molecule has 0 aliphatic rings. The number of imidazole rings is 1. The number of primary amides is 1. The molecule has 1 atom stereocenters. The molecular formula is C11H20N4O2. The average Bonchev–Trinajstić information content (AvgIpc) is 2.72. The van der Waals surface area contributed by atoms with Gasteiger partial charge < -0.3 is 20.4 Å². The maximum absolute atomic E-state index is 11.0. The molecule has 0 spiro atoms. The number of ether oxygens (including phenoxy) is 1. The predicted molar refractivity (Wildman–Crippen MR) is 64.2 cm³/mol. The highest BCUT2D eigenvalue weighted by Crippen LogP contribution is 2.03. The summed E-state index contributed by atoms with van der Waals surface area (Å²) >= 11 is 0. The quantitative estimate of drug-likeness (QED) is 0.613. The van der Waals surface area contributed by atoms with E-state index in [-0.39, 0.29) is 11.8 Å². The van der Waals surface area contributed by atoms with Gasteiger partial charge in [0.2, 0.25) is 5.91 Å². The maximum atomic E-state index is 11.0. The largest absolute Gasteiger partial charge is 0.383 e. The van der Waals surface area contributed by atoms with Crippen molar-refractivity contribution in [3.05, 3.63) is 18.2 Å². The van der Waals surface area contributed by atoms with E-state index in [0.29, 0.717) is 19.7 Å². The lowest BCUT2D eigenvalue weighted by atomic mass is 10.2. The molecule has 6 nitrogen and oxygen atoms in total. The number of nitrogens with zero attached hydrogens (tertiary/aromatic N) is 2. The number of carbonyl (C=O) groups is 1. The predicted octanol–water partition coefficient (Wildman–Crippen LogP) is -0.259. The molecular weight excluding hydrogens is 220 g/mol. The number of carbonyl (C=O) groups excluding carboxylic acids is 1. The normalized spacial score (nSPS) is 12.6. The van der Waals surface area contributed by atoms with Crippen LogP contribution in [0.4, 0.5) is 0 Å². The Morgan fingerprint density at radius 3 is 3.12 bits per heavy atom. The minimum Gasteiger partial charge on any atom is -0.383 e. The first-order valence-corrected chi connectivity index (χ1v) is 5.64. The van der Waals surface area contributed by atoms with Gasteiger partial charge in [0, 0.05) is 32.6 Å². The topological polar surface area (TPSA) is 82.2 Å². The summed E-state index contributed by atoms with van der Waals surface area (Å²) in [6, 6.07) is 0. The van der Waals surface area contributed by atoms with Crippen LogP contribution in [0.25, 0.3) is 0 Å². The van der Waals surface area contributed by atoms with Gasteiger partial charge in [-0.15, -0.1) is 0 Å². The van der Waals surface area contributed by atoms with E-state index in [1.54, 1.807) is 13.3 Å². The third-order valence-corrected chi connectivity index (χ3v) is 2.52. The lowest BCUT2D eigenvalue weighted by Crippen LogP contribution is -2.26. The molecule has 0 saturated heterocycles. The standard InChI is InChI=1S/C11H20N4O2/c1-9(11(12)16)8-15-5-3-14-10(15)7-13-4-6-17-2/h3,5,9,13H,4,6-8H2,1-2H3,(H2,12,16). The monoisotopic (exact) mass is 240 g/mol. The number of aromatic nitrogens is 2. The van der Waals surface area contributed by atoms with Gasteiger partial charge in [0.1, 0.15) is 5.82 Å². The summed E-state index contributed by atoms with van der Waals surface area (Å²) in [7, 11) is 1.66. The van der Waals surface area contributed by atoms with E-state index in [1.807, 2.05) is 17.7 Å². The number of nitrogens with two attached hydrogens (primary N) is 1. The molecule has 0 bridgehead atoms.